The Balaban J connectivity index is 2.10. The molecule has 146 valence electrons. The largest absolute Gasteiger partial charge is 0.382 e. The highest BCUT2D eigenvalue weighted by atomic mass is 32.2. The van der Waals surface area contributed by atoms with Crippen LogP contribution in [0.2, 0.25) is 0 Å². The van der Waals surface area contributed by atoms with Crippen molar-refractivity contribution < 1.29 is 17.4 Å². The lowest BCUT2D eigenvalue weighted by Crippen LogP contribution is -2.40. The highest BCUT2D eigenvalue weighted by Gasteiger charge is 2.19. The number of urea groups is 1. The molecule has 2 amide bonds. The molecule has 0 bridgehead atoms. The lowest BCUT2D eigenvalue weighted by molar-refractivity contribution is 0.187. The number of para-hydroxylation sites is 1. The van der Waals surface area contributed by atoms with Gasteiger partial charge < -0.3 is 14.4 Å². The van der Waals surface area contributed by atoms with Crippen molar-refractivity contribution in [1.82, 2.24) is 4.90 Å². The number of carbonyl (C=O) groups is 1. The number of amides is 2. The monoisotopic (exact) mass is 390 g/mol. The molecule has 0 heterocycles. The predicted octanol–water partition coefficient (Wildman–Crippen LogP) is 4.25. The molecule has 1 atom stereocenters. The molecule has 27 heavy (non-hydrogen) atoms. The molecule has 0 saturated carbocycles. The second-order valence-corrected chi connectivity index (χ2v) is 8.11. The molecule has 0 aromatic heterocycles. The molecule has 2 rings (SSSR count). The van der Waals surface area contributed by atoms with Gasteiger partial charge in [-0.25, -0.2) is 4.79 Å². The van der Waals surface area contributed by atoms with E-state index in [0.29, 0.717) is 6.54 Å². The fraction of sp³-hybridized carbons (Fsp3) is 0.350. The van der Waals surface area contributed by atoms with Crippen molar-refractivity contribution in [2.24, 2.45) is 0 Å². The van der Waals surface area contributed by atoms with Crippen LogP contribution in [0, 0.1) is 0 Å². The molecular weight excluding hydrogens is 364 g/mol. The predicted molar refractivity (Wildman–Crippen MR) is 107 cm³/mol. The van der Waals surface area contributed by atoms with Crippen LogP contribution in [0.5, 0.6) is 5.75 Å². The van der Waals surface area contributed by atoms with Crippen LogP contribution in [0.4, 0.5) is 10.5 Å². The molecule has 1 N–H and O–H groups in total. The molecule has 0 radical (unpaired) electrons. The quantitative estimate of drug-likeness (QED) is 0.684. The molecule has 6 nitrogen and oxygen atoms in total. The van der Waals surface area contributed by atoms with Crippen LogP contribution < -0.4 is 9.50 Å². The summed E-state index contributed by atoms with van der Waals surface area (Å²) in [5, 5.41) is 2.91. The van der Waals surface area contributed by atoms with Crippen LogP contribution in [0.15, 0.2) is 54.6 Å². The molecule has 0 spiro atoms. The third-order valence-corrected chi connectivity index (χ3v) is 5.42. The van der Waals surface area contributed by atoms with Gasteiger partial charge in [-0.3, -0.25) is 0 Å². The Labute approximate surface area is 161 Å². The Morgan fingerprint density at radius 3 is 2.26 bits per heavy atom. The molecule has 0 fully saturated rings. The van der Waals surface area contributed by atoms with E-state index in [0.717, 1.165) is 17.7 Å². The van der Waals surface area contributed by atoms with E-state index in [1.807, 2.05) is 44.2 Å². The molecule has 0 aliphatic heterocycles. The van der Waals surface area contributed by atoms with Crippen molar-refractivity contribution in [2.75, 3.05) is 11.1 Å². The second-order valence-electron chi connectivity index (χ2n) is 6.25. The number of benzene rings is 2. The minimum Gasteiger partial charge on any atom is -0.382 e. The van der Waals surface area contributed by atoms with Gasteiger partial charge in [0, 0.05) is 18.3 Å². The molecular formula is C20H26N2O4S. The van der Waals surface area contributed by atoms with E-state index in [1.54, 1.807) is 29.2 Å². The van der Waals surface area contributed by atoms with E-state index in [2.05, 4.69) is 5.32 Å². The summed E-state index contributed by atoms with van der Waals surface area (Å²) in [6.07, 6.45) is 0.818. The van der Waals surface area contributed by atoms with Gasteiger partial charge in [-0.1, -0.05) is 37.3 Å². The summed E-state index contributed by atoms with van der Waals surface area (Å²) >= 11 is 0. The SMILES string of the molecule is CC[C@@H](C)N(Cc1ccc(OS(=O)(=O)CC)cc1)C(=O)Nc1ccccc1. The molecule has 0 aliphatic carbocycles. The van der Waals surface area contributed by atoms with Crippen LogP contribution >= 0.6 is 0 Å². The maximum Gasteiger partial charge on any atom is 0.322 e. The lowest BCUT2D eigenvalue weighted by Gasteiger charge is -2.29. The summed E-state index contributed by atoms with van der Waals surface area (Å²) < 4.78 is 28.1. The minimum absolute atomic E-state index is 0.0464. The van der Waals surface area contributed by atoms with Crippen LogP contribution in [0.3, 0.4) is 0 Å². The maximum absolute atomic E-state index is 12.7. The fourth-order valence-corrected chi connectivity index (χ4v) is 2.94. The third kappa shape index (κ3) is 6.29. The average Bonchev–Trinajstić information content (AvgIpc) is 2.67. The van der Waals surface area contributed by atoms with E-state index in [4.69, 9.17) is 4.18 Å². The maximum atomic E-state index is 12.7. The van der Waals surface area contributed by atoms with Crippen molar-refractivity contribution in [3.05, 3.63) is 60.2 Å². The molecule has 0 aliphatic rings. The van der Waals surface area contributed by atoms with Crippen LogP contribution in [-0.4, -0.2) is 31.1 Å². The van der Waals surface area contributed by atoms with Gasteiger partial charge in [-0.15, -0.1) is 0 Å². The van der Waals surface area contributed by atoms with Gasteiger partial charge >= 0.3 is 16.1 Å². The zero-order chi connectivity index (χ0) is 19.9. The number of nitrogens with one attached hydrogen (secondary N) is 1. The zero-order valence-corrected chi connectivity index (χ0v) is 16.7. The van der Waals surface area contributed by atoms with Gasteiger partial charge in [0.25, 0.3) is 0 Å². The Morgan fingerprint density at radius 2 is 1.70 bits per heavy atom. The standard InChI is InChI=1S/C20H26N2O4S/c1-4-16(3)22(20(23)21-18-9-7-6-8-10-18)15-17-11-13-19(14-12-17)26-27(24,25)5-2/h6-14,16H,4-5,15H2,1-3H3,(H,21,23)/t16-/m1/s1. The molecule has 2 aromatic rings. The van der Waals surface area contributed by atoms with Crippen molar-refractivity contribution in [3.63, 3.8) is 0 Å². The first-order valence-corrected chi connectivity index (χ1v) is 10.6. The number of hydrogen-bond donors (Lipinski definition) is 1. The highest BCUT2D eigenvalue weighted by molar-refractivity contribution is 7.87. The summed E-state index contributed by atoms with van der Waals surface area (Å²) in [6, 6.07) is 15.9. The summed E-state index contributed by atoms with van der Waals surface area (Å²) in [5.41, 5.74) is 1.63. The first kappa shape index (κ1) is 20.8. The Hall–Kier alpha value is -2.54. The van der Waals surface area contributed by atoms with Gasteiger partial charge in [0.15, 0.2) is 0 Å². The summed E-state index contributed by atoms with van der Waals surface area (Å²) in [5.74, 6) is 0.181. The summed E-state index contributed by atoms with van der Waals surface area (Å²) in [4.78, 5) is 14.5. The third-order valence-electron chi connectivity index (χ3n) is 4.26. The molecule has 2 aromatic carbocycles. The number of carbonyl (C=O) groups excluding carboxylic acids is 1. The van der Waals surface area contributed by atoms with Crippen molar-refractivity contribution in [3.8, 4) is 5.75 Å². The van der Waals surface area contributed by atoms with E-state index in [9.17, 15) is 13.2 Å². The van der Waals surface area contributed by atoms with Crippen molar-refractivity contribution in [2.45, 2.75) is 39.8 Å². The Morgan fingerprint density at radius 1 is 1.07 bits per heavy atom. The van der Waals surface area contributed by atoms with Gasteiger partial charge in [0.05, 0.1) is 5.75 Å². The fourth-order valence-electron chi connectivity index (χ4n) is 2.42. The normalized spacial score (nSPS) is 12.3. The van der Waals surface area contributed by atoms with Crippen LogP contribution in [0.1, 0.15) is 32.8 Å². The van der Waals surface area contributed by atoms with E-state index < -0.39 is 10.1 Å². The minimum atomic E-state index is -3.55. The molecule has 7 heteroatoms. The Bertz CT molecular complexity index is 836. The van der Waals surface area contributed by atoms with Crippen molar-refractivity contribution in [1.29, 1.82) is 0 Å². The first-order chi connectivity index (χ1) is 12.8. The highest BCUT2D eigenvalue weighted by Crippen LogP contribution is 2.18. The van der Waals surface area contributed by atoms with E-state index in [-0.39, 0.29) is 23.6 Å². The number of nitrogens with zero attached hydrogens (tertiary/aromatic N) is 1. The topological polar surface area (TPSA) is 75.7 Å². The second kappa shape index (κ2) is 9.41. The van der Waals surface area contributed by atoms with Gasteiger partial charge in [-0.2, -0.15) is 8.42 Å². The van der Waals surface area contributed by atoms with Crippen molar-refractivity contribution >= 4 is 21.8 Å². The zero-order valence-electron chi connectivity index (χ0n) is 15.9. The molecule has 0 unspecified atom stereocenters. The lowest BCUT2D eigenvalue weighted by atomic mass is 10.1. The van der Waals surface area contributed by atoms with Gasteiger partial charge in [-0.05, 0) is 50.1 Å². The van der Waals surface area contributed by atoms with E-state index >= 15 is 0 Å². The van der Waals surface area contributed by atoms with Gasteiger partial charge in [0.2, 0.25) is 0 Å². The Kier molecular flexibility index (Phi) is 7.24. The average molecular weight is 391 g/mol. The van der Waals surface area contributed by atoms with Crippen LogP contribution in [0.25, 0.3) is 0 Å². The van der Waals surface area contributed by atoms with Crippen LogP contribution in [-0.2, 0) is 16.7 Å². The molecule has 0 saturated heterocycles. The smallest absolute Gasteiger partial charge is 0.322 e. The number of anilines is 1. The summed E-state index contributed by atoms with van der Waals surface area (Å²) in [6.45, 7) is 5.96. The first-order valence-electron chi connectivity index (χ1n) is 8.98. The van der Waals surface area contributed by atoms with Gasteiger partial charge in [0.1, 0.15) is 5.75 Å². The number of rotatable bonds is 8. The van der Waals surface area contributed by atoms with E-state index in [1.165, 1.54) is 6.92 Å². The summed E-state index contributed by atoms with van der Waals surface area (Å²) in [7, 11) is -3.55. The number of hydrogen-bond acceptors (Lipinski definition) is 4.